The molecule has 0 radical (unpaired) electrons. The first-order valence-electron chi connectivity index (χ1n) is 3.53. The molecule has 0 aromatic carbocycles. The molecule has 1 atom stereocenters. The molecular weight excluding hydrogens is 112 g/mol. The van der Waals surface area contributed by atoms with E-state index in [2.05, 4.69) is 20.8 Å². The minimum Gasteiger partial charge on any atom is -0.269 e. The first kappa shape index (κ1) is 7.03. The average Bonchev–Trinajstić information content (AvgIpc) is 1.79. The fourth-order valence-corrected chi connectivity index (χ4v) is 1.63. The Hall–Kier alpha value is -0.0800. The first-order chi connectivity index (χ1) is 4.01. The second-order valence-electron chi connectivity index (χ2n) is 3.89. The fourth-order valence-electron chi connectivity index (χ4n) is 1.63. The molecule has 0 bridgehead atoms. The van der Waals surface area contributed by atoms with E-state index in [0.717, 1.165) is 6.54 Å². The Bertz CT molecular complexity index is 97.5. The highest BCUT2D eigenvalue weighted by atomic mass is 15.4. The van der Waals surface area contributed by atoms with Gasteiger partial charge in [0.05, 0.1) is 0 Å². The van der Waals surface area contributed by atoms with Gasteiger partial charge in [-0.1, -0.05) is 13.8 Å². The molecule has 0 aromatic heterocycles. The van der Waals surface area contributed by atoms with Crippen LogP contribution in [0.1, 0.15) is 27.2 Å². The van der Waals surface area contributed by atoms with Gasteiger partial charge in [0.1, 0.15) is 0 Å². The van der Waals surface area contributed by atoms with Crippen LogP contribution in [0.5, 0.6) is 0 Å². The Morgan fingerprint density at radius 1 is 1.56 bits per heavy atom. The van der Waals surface area contributed by atoms with Crippen molar-refractivity contribution in [2.75, 3.05) is 6.54 Å². The Labute approximate surface area is 57.0 Å². The van der Waals surface area contributed by atoms with Crippen molar-refractivity contribution in [1.29, 1.82) is 0 Å². The molecule has 2 N–H and O–H groups in total. The van der Waals surface area contributed by atoms with E-state index in [1.807, 2.05) is 5.01 Å². The molecule has 0 amide bonds. The fraction of sp³-hybridized carbons (Fsp3) is 1.00. The minimum atomic E-state index is 0.439. The van der Waals surface area contributed by atoms with E-state index in [1.165, 1.54) is 6.42 Å². The van der Waals surface area contributed by atoms with Gasteiger partial charge in [-0.25, -0.2) is 5.01 Å². The predicted octanol–water partition coefficient (Wildman–Crippen LogP) is 0.980. The zero-order valence-corrected chi connectivity index (χ0v) is 6.52. The highest BCUT2D eigenvalue weighted by Gasteiger charge is 2.32. The van der Waals surface area contributed by atoms with Crippen molar-refractivity contribution >= 4 is 0 Å². The Kier molecular flexibility index (Phi) is 1.53. The summed E-state index contributed by atoms with van der Waals surface area (Å²) in [4.78, 5) is 0. The molecule has 1 aliphatic heterocycles. The predicted molar refractivity (Wildman–Crippen MR) is 38.8 cm³/mol. The lowest BCUT2D eigenvalue weighted by Gasteiger charge is -2.15. The third-order valence-electron chi connectivity index (χ3n) is 2.02. The molecule has 1 aliphatic rings. The molecular formula is C7H16N2. The summed E-state index contributed by atoms with van der Waals surface area (Å²) >= 11 is 0. The molecule has 0 saturated carbocycles. The lowest BCUT2D eigenvalue weighted by Crippen LogP contribution is -2.34. The van der Waals surface area contributed by atoms with Crippen LogP contribution in [0.3, 0.4) is 0 Å². The maximum atomic E-state index is 5.69. The van der Waals surface area contributed by atoms with Gasteiger partial charge in [-0.15, -0.1) is 0 Å². The lowest BCUT2D eigenvalue weighted by molar-refractivity contribution is 0.261. The van der Waals surface area contributed by atoms with Crippen molar-refractivity contribution in [1.82, 2.24) is 5.01 Å². The third kappa shape index (κ3) is 1.43. The summed E-state index contributed by atoms with van der Waals surface area (Å²) in [5, 5.41) is 1.93. The zero-order chi connectivity index (χ0) is 7.07. The summed E-state index contributed by atoms with van der Waals surface area (Å²) < 4.78 is 0. The van der Waals surface area contributed by atoms with Crippen LogP contribution in [-0.2, 0) is 0 Å². The van der Waals surface area contributed by atoms with Gasteiger partial charge in [-0.05, 0) is 18.8 Å². The highest BCUT2D eigenvalue weighted by Crippen LogP contribution is 2.30. The molecule has 1 rings (SSSR count). The highest BCUT2D eigenvalue weighted by molar-refractivity contribution is 4.85. The summed E-state index contributed by atoms with van der Waals surface area (Å²) in [5.41, 5.74) is 0.439. The molecule has 0 aliphatic carbocycles. The number of hydrazine groups is 1. The van der Waals surface area contributed by atoms with Gasteiger partial charge in [0.15, 0.2) is 0 Å². The van der Waals surface area contributed by atoms with E-state index in [1.54, 1.807) is 0 Å². The van der Waals surface area contributed by atoms with Crippen molar-refractivity contribution in [2.24, 2.45) is 11.3 Å². The van der Waals surface area contributed by atoms with Crippen LogP contribution in [0.15, 0.2) is 0 Å². The van der Waals surface area contributed by atoms with Gasteiger partial charge in [0.2, 0.25) is 0 Å². The number of nitrogens with zero attached hydrogens (tertiary/aromatic N) is 1. The van der Waals surface area contributed by atoms with Gasteiger partial charge < -0.3 is 0 Å². The van der Waals surface area contributed by atoms with Crippen LogP contribution >= 0.6 is 0 Å². The molecule has 9 heavy (non-hydrogen) atoms. The Morgan fingerprint density at radius 2 is 2.11 bits per heavy atom. The quantitative estimate of drug-likeness (QED) is 0.493. The van der Waals surface area contributed by atoms with Gasteiger partial charge >= 0.3 is 0 Å². The SMILES string of the molecule is CC1CC(C)(C)CN1N. The summed E-state index contributed by atoms with van der Waals surface area (Å²) in [7, 11) is 0. The molecule has 1 fully saturated rings. The topological polar surface area (TPSA) is 29.3 Å². The molecule has 2 nitrogen and oxygen atoms in total. The van der Waals surface area contributed by atoms with Gasteiger partial charge in [-0.2, -0.15) is 0 Å². The van der Waals surface area contributed by atoms with Gasteiger partial charge in [-0.3, -0.25) is 5.84 Å². The van der Waals surface area contributed by atoms with Crippen LogP contribution in [-0.4, -0.2) is 17.6 Å². The van der Waals surface area contributed by atoms with Crippen molar-refractivity contribution in [2.45, 2.75) is 33.2 Å². The standard InChI is InChI=1S/C7H16N2/c1-6-4-7(2,3)5-9(6)8/h6H,4-5,8H2,1-3H3. The van der Waals surface area contributed by atoms with E-state index >= 15 is 0 Å². The molecule has 2 heteroatoms. The molecule has 54 valence electrons. The van der Waals surface area contributed by atoms with Gasteiger partial charge in [0.25, 0.3) is 0 Å². The minimum absolute atomic E-state index is 0.439. The summed E-state index contributed by atoms with van der Waals surface area (Å²) in [6.07, 6.45) is 1.23. The van der Waals surface area contributed by atoms with Crippen molar-refractivity contribution in [3.8, 4) is 0 Å². The third-order valence-corrected chi connectivity index (χ3v) is 2.02. The maximum absolute atomic E-state index is 5.69. The van der Waals surface area contributed by atoms with E-state index in [9.17, 15) is 0 Å². The van der Waals surface area contributed by atoms with Gasteiger partial charge in [0, 0.05) is 12.6 Å². The lowest BCUT2D eigenvalue weighted by atomic mass is 9.91. The Balaban J connectivity index is 2.54. The van der Waals surface area contributed by atoms with E-state index in [0.29, 0.717) is 11.5 Å². The van der Waals surface area contributed by atoms with E-state index < -0.39 is 0 Å². The van der Waals surface area contributed by atoms with Crippen molar-refractivity contribution < 1.29 is 0 Å². The van der Waals surface area contributed by atoms with E-state index in [-0.39, 0.29) is 0 Å². The number of hydrogen-bond donors (Lipinski definition) is 1. The second kappa shape index (κ2) is 1.96. The number of rotatable bonds is 0. The summed E-state index contributed by atoms with van der Waals surface area (Å²) in [5.74, 6) is 5.69. The van der Waals surface area contributed by atoms with Crippen LogP contribution in [0.25, 0.3) is 0 Å². The normalized spacial score (nSPS) is 35.3. The summed E-state index contributed by atoms with van der Waals surface area (Å²) in [6, 6.07) is 0.569. The van der Waals surface area contributed by atoms with Crippen LogP contribution in [0.4, 0.5) is 0 Å². The molecule has 1 unspecified atom stereocenters. The molecule has 1 saturated heterocycles. The monoisotopic (exact) mass is 128 g/mol. The second-order valence-corrected chi connectivity index (χ2v) is 3.89. The van der Waals surface area contributed by atoms with Crippen LogP contribution in [0.2, 0.25) is 0 Å². The zero-order valence-electron chi connectivity index (χ0n) is 6.52. The Morgan fingerprint density at radius 3 is 2.22 bits per heavy atom. The summed E-state index contributed by atoms with van der Waals surface area (Å²) in [6.45, 7) is 7.73. The van der Waals surface area contributed by atoms with Crippen molar-refractivity contribution in [3.05, 3.63) is 0 Å². The smallest absolute Gasteiger partial charge is 0.0218 e. The number of hydrogen-bond acceptors (Lipinski definition) is 2. The first-order valence-corrected chi connectivity index (χ1v) is 3.53. The van der Waals surface area contributed by atoms with Crippen molar-refractivity contribution in [3.63, 3.8) is 0 Å². The maximum Gasteiger partial charge on any atom is 0.0218 e. The van der Waals surface area contributed by atoms with E-state index in [4.69, 9.17) is 5.84 Å². The molecule has 0 spiro atoms. The number of nitrogens with two attached hydrogens (primary N) is 1. The van der Waals surface area contributed by atoms with Crippen LogP contribution in [0, 0.1) is 5.41 Å². The van der Waals surface area contributed by atoms with Crippen LogP contribution < -0.4 is 5.84 Å². The largest absolute Gasteiger partial charge is 0.269 e. The average molecular weight is 128 g/mol. The molecule has 1 heterocycles. The molecule has 0 aromatic rings.